The van der Waals surface area contributed by atoms with Crippen LogP contribution in [0.5, 0.6) is 0 Å². The van der Waals surface area contributed by atoms with Crippen LogP contribution in [0.25, 0.3) is 0 Å². The molecule has 4 rings (SSSR count). The van der Waals surface area contributed by atoms with Crippen LogP contribution in [-0.4, -0.2) is 33.5 Å². The van der Waals surface area contributed by atoms with E-state index in [-0.39, 0.29) is 11.9 Å². The molecular weight excluding hydrogens is 364 g/mol. The topological polar surface area (TPSA) is 66.6 Å². The zero-order chi connectivity index (χ0) is 20.6. The highest BCUT2D eigenvalue weighted by Crippen LogP contribution is 2.38. The highest BCUT2D eigenvalue weighted by atomic mass is 16.4. The van der Waals surface area contributed by atoms with Gasteiger partial charge in [-0.1, -0.05) is 24.6 Å². The fourth-order valence-electron chi connectivity index (χ4n) is 4.71. The Balaban J connectivity index is 1.56. The molecule has 1 aliphatic heterocycles. The summed E-state index contributed by atoms with van der Waals surface area (Å²) in [5.74, 6) is 1.93. The van der Waals surface area contributed by atoms with Gasteiger partial charge in [0.2, 0.25) is 0 Å². The number of piperidine rings is 1. The number of hydrogen-bond acceptors (Lipinski definition) is 4. The van der Waals surface area contributed by atoms with E-state index >= 15 is 0 Å². The van der Waals surface area contributed by atoms with Gasteiger partial charge in [0.25, 0.3) is 5.91 Å². The first kappa shape index (κ1) is 20.1. The molecule has 5 nitrogen and oxygen atoms in total. The number of rotatable bonds is 5. The van der Waals surface area contributed by atoms with Crippen LogP contribution in [0.15, 0.2) is 28.7 Å². The van der Waals surface area contributed by atoms with Crippen molar-refractivity contribution in [2.45, 2.75) is 83.3 Å². The van der Waals surface area contributed by atoms with Gasteiger partial charge in [0, 0.05) is 24.6 Å². The number of benzene rings is 1. The van der Waals surface area contributed by atoms with E-state index in [1.165, 1.54) is 24.8 Å². The van der Waals surface area contributed by atoms with Crippen LogP contribution in [0.1, 0.15) is 91.6 Å². The first-order chi connectivity index (χ1) is 13.8. The van der Waals surface area contributed by atoms with E-state index in [0.29, 0.717) is 29.7 Å². The van der Waals surface area contributed by atoms with Crippen LogP contribution in [0.2, 0.25) is 0 Å². The molecule has 1 aromatic heterocycles. The molecule has 1 aromatic carbocycles. The summed E-state index contributed by atoms with van der Waals surface area (Å²) in [6, 6.07) is 8.22. The Morgan fingerprint density at radius 1 is 1.21 bits per heavy atom. The van der Waals surface area contributed by atoms with Gasteiger partial charge in [-0.15, -0.1) is 0 Å². The van der Waals surface area contributed by atoms with Gasteiger partial charge in [-0.25, -0.2) is 4.98 Å². The fraction of sp³-hybridized carbons (Fsp3) is 0.583. The van der Waals surface area contributed by atoms with Crippen LogP contribution < -0.4 is 0 Å². The van der Waals surface area contributed by atoms with Crippen LogP contribution in [-0.2, 0) is 12.0 Å². The minimum absolute atomic E-state index is 0.0819. The molecule has 0 radical (unpaired) electrons. The Kier molecular flexibility index (Phi) is 5.52. The number of carbonyl (C=O) groups is 1. The number of oxazole rings is 1. The molecule has 0 spiro atoms. The summed E-state index contributed by atoms with van der Waals surface area (Å²) >= 11 is 0. The summed E-state index contributed by atoms with van der Waals surface area (Å²) < 4.78 is 5.86. The van der Waals surface area contributed by atoms with Crippen molar-refractivity contribution >= 4 is 5.91 Å². The normalized spacial score (nSPS) is 20.6. The van der Waals surface area contributed by atoms with Crippen molar-refractivity contribution in [1.29, 1.82) is 0 Å². The van der Waals surface area contributed by atoms with E-state index < -0.39 is 5.60 Å². The molecule has 1 amide bonds. The molecule has 29 heavy (non-hydrogen) atoms. The minimum Gasteiger partial charge on any atom is -0.446 e. The van der Waals surface area contributed by atoms with Gasteiger partial charge in [-0.2, -0.15) is 0 Å². The molecule has 1 atom stereocenters. The highest BCUT2D eigenvalue weighted by molar-refractivity contribution is 5.96. The van der Waals surface area contributed by atoms with Gasteiger partial charge in [0.05, 0.1) is 0 Å². The van der Waals surface area contributed by atoms with Gasteiger partial charge in [0.15, 0.2) is 5.89 Å². The molecule has 2 fully saturated rings. The molecule has 0 bridgehead atoms. The monoisotopic (exact) mass is 396 g/mol. The molecule has 1 N–H and O–H groups in total. The predicted molar refractivity (Wildman–Crippen MR) is 112 cm³/mol. The molecule has 2 heterocycles. The van der Waals surface area contributed by atoms with E-state index in [4.69, 9.17) is 4.42 Å². The lowest BCUT2D eigenvalue weighted by Crippen LogP contribution is -2.45. The van der Waals surface area contributed by atoms with E-state index in [1.54, 1.807) is 13.8 Å². The second-order valence-corrected chi connectivity index (χ2v) is 9.14. The van der Waals surface area contributed by atoms with E-state index in [2.05, 4.69) is 11.1 Å². The molecule has 2 aliphatic rings. The zero-order valence-electron chi connectivity index (χ0n) is 17.8. The van der Waals surface area contributed by atoms with Crippen LogP contribution in [0, 0.1) is 6.92 Å². The third-order valence-electron chi connectivity index (χ3n) is 6.45. The molecule has 5 heteroatoms. The van der Waals surface area contributed by atoms with Gasteiger partial charge in [-0.3, -0.25) is 4.79 Å². The standard InChI is InChI=1S/C24H32N2O3/c1-16-22(24(2,3)28)25-21(29-16)15-18-11-6-7-14-26(18)23(27)20-13-5-4-12-19(20)17-9-8-10-17/h4-5,12-13,17-18,28H,6-11,14-15H2,1-3H3/t18-/m1/s1. The summed E-state index contributed by atoms with van der Waals surface area (Å²) in [4.78, 5) is 20.1. The molecular formula is C24H32N2O3. The van der Waals surface area contributed by atoms with Crippen molar-refractivity contribution < 1.29 is 14.3 Å². The number of hydrogen-bond donors (Lipinski definition) is 1. The Hall–Kier alpha value is -2.14. The van der Waals surface area contributed by atoms with E-state index in [9.17, 15) is 9.90 Å². The van der Waals surface area contributed by atoms with E-state index in [1.807, 2.05) is 30.0 Å². The Bertz CT molecular complexity index is 876. The predicted octanol–water partition coefficient (Wildman–Crippen LogP) is 4.72. The number of aryl methyl sites for hydroxylation is 1. The summed E-state index contributed by atoms with van der Waals surface area (Å²) in [5.41, 5.74) is 1.63. The molecule has 0 unspecified atom stereocenters. The van der Waals surface area contributed by atoms with Crippen molar-refractivity contribution in [3.8, 4) is 0 Å². The Labute approximate surface area is 173 Å². The van der Waals surface area contributed by atoms with Crippen molar-refractivity contribution in [3.05, 3.63) is 52.7 Å². The highest BCUT2D eigenvalue weighted by Gasteiger charge is 2.33. The van der Waals surface area contributed by atoms with Gasteiger partial charge in [0.1, 0.15) is 17.1 Å². The van der Waals surface area contributed by atoms with Crippen LogP contribution >= 0.6 is 0 Å². The second kappa shape index (κ2) is 7.94. The van der Waals surface area contributed by atoms with Crippen molar-refractivity contribution in [2.24, 2.45) is 0 Å². The van der Waals surface area contributed by atoms with Gasteiger partial charge in [-0.05, 0) is 70.4 Å². The fourth-order valence-corrected chi connectivity index (χ4v) is 4.71. The molecule has 1 saturated carbocycles. The number of aliphatic hydroxyl groups is 1. The van der Waals surface area contributed by atoms with Crippen molar-refractivity contribution in [3.63, 3.8) is 0 Å². The summed E-state index contributed by atoms with van der Waals surface area (Å²) in [5, 5.41) is 10.3. The largest absolute Gasteiger partial charge is 0.446 e. The third kappa shape index (κ3) is 4.11. The maximum atomic E-state index is 13.5. The summed E-state index contributed by atoms with van der Waals surface area (Å²) in [7, 11) is 0. The first-order valence-electron chi connectivity index (χ1n) is 10.9. The number of nitrogens with zero attached hydrogens (tertiary/aromatic N) is 2. The number of aromatic nitrogens is 1. The van der Waals surface area contributed by atoms with Crippen molar-refractivity contribution in [2.75, 3.05) is 6.54 Å². The zero-order valence-corrected chi connectivity index (χ0v) is 17.8. The average Bonchev–Trinajstić information content (AvgIpc) is 3.01. The lowest BCUT2D eigenvalue weighted by molar-refractivity contribution is 0.0601. The average molecular weight is 397 g/mol. The number of carbonyl (C=O) groups excluding carboxylic acids is 1. The molecule has 2 aromatic rings. The third-order valence-corrected chi connectivity index (χ3v) is 6.45. The summed E-state index contributed by atoms with van der Waals surface area (Å²) in [6.07, 6.45) is 7.31. The van der Waals surface area contributed by atoms with Crippen LogP contribution in [0.3, 0.4) is 0 Å². The maximum Gasteiger partial charge on any atom is 0.254 e. The van der Waals surface area contributed by atoms with Gasteiger partial charge >= 0.3 is 0 Å². The Morgan fingerprint density at radius 2 is 1.97 bits per heavy atom. The number of likely N-dealkylation sites (tertiary alicyclic amines) is 1. The maximum absolute atomic E-state index is 13.5. The van der Waals surface area contributed by atoms with Crippen LogP contribution in [0.4, 0.5) is 0 Å². The second-order valence-electron chi connectivity index (χ2n) is 9.14. The van der Waals surface area contributed by atoms with E-state index in [0.717, 1.165) is 31.4 Å². The number of amides is 1. The Morgan fingerprint density at radius 3 is 2.62 bits per heavy atom. The smallest absolute Gasteiger partial charge is 0.254 e. The summed E-state index contributed by atoms with van der Waals surface area (Å²) in [6.45, 7) is 6.05. The first-order valence-corrected chi connectivity index (χ1v) is 10.9. The molecule has 156 valence electrons. The van der Waals surface area contributed by atoms with Crippen molar-refractivity contribution in [1.82, 2.24) is 9.88 Å². The van der Waals surface area contributed by atoms with Gasteiger partial charge < -0.3 is 14.4 Å². The molecule has 1 aliphatic carbocycles. The lowest BCUT2D eigenvalue weighted by Gasteiger charge is -2.36. The SMILES string of the molecule is Cc1oc(C[C@H]2CCCCN2C(=O)c2ccccc2C2CCC2)nc1C(C)(C)O. The minimum atomic E-state index is -1.03. The lowest BCUT2D eigenvalue weighted by atomic mass is 9.78. The quantitative estimate of drug-likeness (QED) is 0.794. The molecule has 1 saturated heterocycles.